The van der Waals surface area contributed by atoms with E-state index in [-0.39, 0.29) is 5.56 Å². The lowest BCUT2D eigenvalue weighted by atomic mass is 9.89. The first kappa shape index (κ1) is 24.4. The first-order valence-corrected chi connectivity index (χ1v) is 13.3. The highest BCUT2D eigenvalue weighted by Gasteiger charge is 2.23. The van der Waals surface area contributed by atoms with E-state index < -0.39 is 0 Å². The molecule has 0 saturated carbocycles. The fraction of sp³-hybridized carbons (Fsp3) is 0.379. The molecule has 5 rings (SSSR count). The van der Waals surface area contributed by atoms with Crippen molar-refractivity contribution in [3.8, 4) is 28.6 Å². The second-order valence-corrected chi connectivity index (χ2v) is 10.7. The highest BCUT2D eigenvalue weighted by molar-refractivity contribution is 7.18. The summed E-state index contributed by atoms with van der Waals surface area (Å²) in [6, 6.07) is 11.8. The smallest absolute Gasteiger partial charge is 0.260 e. The Labute approximate surface area is 215 Å². The SMILES string of the molecule is COc1cc(-c2nc3sc4c(c3c(=O)[nH]2)CC[C@@H](C)C4)ccc1OCCCOc1ccc(C)cc1C. The van der Waals surface area contributed by atoms with Crippen molar-refractivity contribution in [1.29, 1.82) is 0 Å². The summed E-state index contributed by atoms with van der Waals surface area (Å²) in [7, 11) is 1.61. The van der Waals surface area contributed by atoms with E-state index in [2.05, 4.69) is 37.9 Å². The number of H-pyrrole nitrogens is 1. The quantitative estimate of drug-likeness (QED) is 0.287. The van der Waals surface area contributed by atoms with Gasteiger partial charge in [0.25, 0.3) is 5.56 Å². The van der Waals surface area contributed by atoms with Crippen molar-refractivity contribution in [2.24, 2.45) is 5.92 Å². The van der Waals surface area contributed by atoms with Gasteiger partial charge in [0.15, 0.2) is 11.5 Å². The first-order valence-electron chi connectivity index (χ1n) is 12.5. The molecule has 2 aromatic carbocycles. The minimum Gasteiger partial charge on any atom is -0.493 e. The lowest BCUT2D eigenvalue weighted by Gasteiger charge is -2.17. The lowest BCUT2D eigenvalue weighted by molar-refractivity contribution is 0.240. The highest BCUT2D eigenvalue weighted by Crippen LogP contribution is 2.37. The molecule has 0 spiro atoms. The number of aryl methyl sites for hydroxylation is 3. The van der Waals surface area contributed by atoms with Crippen LogP contribution in [-0.4, -0.2) is 30.3 Å². The van der Waals surface area contributed by atoms with Crippen LogP contribution in [0.15, 0.2) is 41.2 Å². The second kappa shape index (κ2) is 10.3. The van der Waals surface area contributed by atoms with E-state index in [4.69, 9.17) is 19.2 Å². The van der Waals surface area contributed by atoms with E-state index >= 15 is 0 Å². The molecule has 0 bridgehead atoms. The van der Waals surface area contributed by atoms with Crippen LogP contribution in [-0.2, 0) is 12.8 Å². The summed E-state index contributed by atoms with van der Waals surface area (Å²) in [5.74, 6) is 3.36. The van der Waals surface area contributed by atoms with Crippen molar-refractivity contribution < 1.29 is 14.2 Å². The molecule has 1 N–H and O–H groups in total. The van der Waals surface area contributed by atoms with Gasteiger partial charge in [-0.3, -0.25) is 4.79 Å². The third-order valence-electron chi connectivity index (χ3n) is 6.74. The van der Waals surface area contributed by atoms with Gasteiger partial charge >= 0.3 is 0 Å². The summed E-state index contributed by atoms with van der Waals surface area (Å²) in [6.07, 6.45) is 3.85. The molecule has 188 valence electrons. The van der Waals surface area contributed by atoms with Crippen molar-refractivity contribution in [1.82, 2.24) is 9.97 Å². The van der Waals surface area contributed by atoms with Crippen LogP contribution in [0.4, 0.5) is 0 Å². The molecule has 1 aliphatic rings. The Morgan fingerprint density at radius 1 is 1.06 bits per heavy atom. The van der Waals surface area contributed by atoms with Crippen LogP contribution in [0.1, 0.15) is 41.3 Å². The predicted molar refractivity (Wildman–Crippen MR) is 145 cm³/mol. The zero-order valence-electron chi connectivity index (χ0n) is 21.3. The van der Waals surface area contributed by atoms with Crippen LogP contribution in [0.3, 0.4) is 0 Å². The molecule has 0 saturated heterocycles. The van der Waals surface area contributed by atoms with Crippen LogP contribution in [0.2, 0.25) is 0 Å². The zero-order chi connectivity index (χ0) is 25.2. The lowest BCUT2D eigenvalue weighted by Crippen LogP contribution is -2.13. The highest BCUT2D eigenvalue weighted by atomic mass is 32.1. The molecule has 2 aromatic heterocycles. The van der Waals surface area contributed by atoms with E-state index in [1.165, 1.54) is 16.0 Å². The predicted octanol–water partition coefficient (Wildman–Crippen LogP) is 6.25. The molecule has 0 fully saturated rings. The van der Waals surface area contributed by atoms with Gasteiger partial charge in [0.05, 0.1) is 25.7 Å². The van der Waals surface area contributed by atoms with Gasteiger partial charge in [0.1, 0.15) is 16.4 Å². The molecule has 6 nitrogen and oxygen atoms in total. The third-order valence-corrected chi connectivity index (χ3v) is 7.88. The molecular formula is C29H32N2O4S. The van der Waals surface area contributed by atoms with Crippen LogP contribution in [0.25, 0.3) is 21.6 Å². The molecule has 0 radical (unpaired) electrons. The second-order valence-electron chi connectivity index (χ2n) is 9.63. The van der Waals surface area contributed by atoms with Gasteiger partial charge in [-0.25, -0.2) is 4.98 Å². The number of fused-ring (bicyclic) bond motifs is 3. The Morgan fingerprint density at radius 3 is 2.61 bits per heavy atom. The average molecular weight is 505 g/mol. The fourth-order valence-electron chi connectivity index (χ4n) is 4.80. The van der Waals surface area contributed by atoms with Gasteiger partial charge in [-0.1, -0.05) is 24.6 Å². The normalized spacial score (nSPS) is 15.1. The van der Waals surface area contributed by atoms with E-state index in [1.807, 2.05) is 24.3 Å². The van der Waals surface area contributed by atoms with E-state index in [1.54, 1.807) is 18.4 Å². The monoisotopic (exact) mass is 504 g/mol. The van der Waals surface area contributed by atoms with Crippen molar-refractivity contribution in [3.05, 3.63) is 68.3 Å². The molecule has 0 unspecified atom stereocenters. The Hall–Kier alpha value is -3.32. The van der Waals surface area contributed by atoms with E-state index in [0.29, 0.717) is 36.5 Å². The summed E-state index contributed by atoms with van der Waals surface area (Å²) in [5.41, 5.74) is 4.27. The van der Waals surface area contributed by atoms with Crippen molar-refractivity contribution in [3.63, 3.8) is 0 Å². The number of thiophene rings is 1. The minimum absolute atomic E-state index is 0.0647. The van der Waals surface area contributed by atoms with E-state index in [9.17, 15) is 4.79 Å². The number of hydrogen-bond acceptors (Lipinski definition) is 6. The first-order chi connectivity index (χ1) is 17.4. The van der Waals surface area contributed by atoms with Crippen LogP contribution < -0.4 is 19.8 Å². The summed E-state index contributed by atoms with van der Waals surface area (Å²) >= 11 is 1.66. The Morgan fingerprint density at radius 2 is 1.83 bits per heavy atom. The molecule has 36 heavy (non-hydrogen) atoms. The largest absolute Gasteiger partial charge is 0.493 e. The van der Waals surface area contributed by atoms with Gasteiger partial charge in [-0.15, -0.1) is 11.3 Å². The number of nitrogens with zero attached hydrogens (tertiary/aromatic N) is 1. The van der Waals surface area contributed by atoms with Gasteiger partial charge in [0, 0.05) is 16.9 Å². The van der Waals surface area contributed by atoms with Crippen LogP contribution >= 0.6 is 11.3 Å². The molecule has 0 amide bonds. The fourth-order valence-corrected chi connectivity index (χ4v) is 6.19. The molecule has 7 heteroatoms. The van der Waals surface area contributed by atoms with Crippen LogP contribution in [0.5, 0.6) is 17.2 Å². The van der Waals surface area contributed by atoms with Crippen molar-refractivity contribution in [2.45, 2.75) is 46.5 Å². The molecule has 4 aromatic rings. The van der Waals surface area contributed by atoms with Crippen molar-refractivity contribution >= 4 is 21.6 Å². The number of hydrogen-bond donors (Lipinski definition) is 1. The summed E-state index contributed by atoms with van der Waals surface area (Å²) in [5, 5.41) is 0.764. The topological polar surface area (TPSA) is 73.4 Å². The molecule has 1 atom stereocenters. The summed E-state index contributed by atoms with van der Waals surface area (Å²) in [6.45, 7) is 7.47. The Balaban J connectivity index is 1.27. The molecule has 0 aliphatic heterocycles. The maximum atomic E-state index is 13.0. The maximum absolute atomic E-state index is 13.0. The number of benzene rings is 2. The van der Waals surface area contributed by atoms with Gasteiger partial charge in [-0.05, 0) is 74.4 Å². The van der Waals surface area contributed by atoms with Gasteiger partial charge in [-0.2, -0.15) is 0 Å². The zero-order valence-corrected chi connectivity index (χ0v) is 22.1. The molecular weight excluding hydrogens is 472 g/mol. The Bertz CT molecular complexity index is 1460. The number of rotatable bonds is 8. The number of methoxy groups -OCH3 is 1. The standard InChI is InChI=1S/C29H32N2O4S/c1-17-7-10-22(19(3)14-17)34-12-5-13-35-23-11-8-20(16-24(23)33-4)27-30-28(32)26-21-9-6-18(2)15-25(21)36-29(26)31-27/h7-8,10-11,14,16,18H,5-6,9,12-13,15H2,1-4H3,(H,30,31,32)/t18-/m1/s1. The number of nitrogens with one attached hydrogen (secondary N) is 1. The third kappa shape index (κ3) is 4.98. The Kier molecular flexibility index (Phi) is 7.01. The van der Waals surface area contributed by atoms with Gasteiger partial charge in [0.2, 0.25) is 0 Å². The van der Waals surface area contributed by atoms with E-state index in [0.717, 1.165) is 52.8 Å². The molecule has 1 aliphatic carbocycles. The van der Waals surface area contributed by atoms with Gasteiger partial charge < -0.3 is 19.2 Å². The number of aromatic amines is 1. The molecule has 2 heterocycles. The number of aromatic nitrogens is 2. The van der Waals surface area contributed by atoms with Crippen LogP contribution in [0, 0.1) is 19.8 Å². The summed E-state index contributed by atoms with van der Waals surface area (Å²) < 4.78 is 17.4. The summed E-state index contributed by atoms with van der Waals surface area (Å²) in [4.78, 5) is 22.9. The van der Waals surface area contributed by atoms with Crippen molar-refractivity contribution in [2.75, 3.05) is 20.3 Å². The maximum Gasteiger partial charge on any atom is 0.260 e. The minimum atomic E-state index is -0.0647. The number of ether oxygens (including phenoxy) is 3. The average Bonchev–Trinajstić information content (AvgIpc) is 3.23.